The second-order valence-corrected chi connectivity index (χ2v) is 9.67. The third kappa shape index (κ3) is 15.3. The number of ketones is 1. The third-order valence-corrected chi connectivity index (χ3v) is 6.59. The average molecular weight is 431 g/mol. The first-order valence-corrected chi connectivity index (χ1v) is 13.4. The molecule has 2 atom stereocenters. The van der Waals surface area contributed by atoms with E-state index in [-0.39, 0.29) is 5.78 Å². The summed E-state index contributed by atoms with van der Waals surface area (Å²) in [5.74, 6) is 0.444. The Morgan fingerprint density at radius 1 is 0.677 bits per heavy atom. The van der Waals surface area contributed by atoms with Gasteiger partial charge in [-0.05, 0) is 18.8 Å². The van der Waals surface area contributed by atoms with Crippen LogP contribution in [0.25, 0.3) is 0 Å². The monoisotopic (exact) mass is 430 g/mol. The van der Waals surface area contributed by atoms with Crippen LogP contribution in [0.5, 0.6) is 0 Å². The van der Waals surface area contributed by atoms with Crippen molar-refractivity contribution in [3.63, 3.8) is 0 Å². The first-order valence-electron chi connectivity index (χ1n) is 13.4. The molecule has 1 aromatic rings. The van der Waals surface area contributed by atoms with Crippen LogP contribution < -0.4 is 0 Å². The van der Waals surface area contributed by atoms with Crippen LogP contribution in [-0.4, -0.2) is 17.0 Å². The fourth-order valence-electron chi connectivity index (χ4n) is 4.38. The summed E-state index contributed by atoms with van der Waals surface area (Å²) in [7, 11) is 0. The van der Waals surface area contributed by atoms with E-state index in [4.69, 9.17) is 0 Å². The molecular formula is C29H50O2. The molecule has 2 nitrogen and oxygen atoms in total. The van der Waals surface area contributed by atoms with Gasteiger partial charge in [-0.1, -0.05) is 147 Å². The van der Waals surface area contributed by atoms with Crippen LogP contribution in [0.3, 0.4) is 0 Å². The van der Waals surface area contributed by atoms with E-state index in [2.05, 4.69) is 13.8 Å². The van der Waals surface area contributed by atoms with Crippen molar-refractivity contribution in [2.45, 2.75) is 136 Å². The van der Waals surface area contributed by atoms with Gasteiger partial charge >= 0.3 is 0 Å². The van der Waals surface area contributed by atoms with Crippen molar-refractivity contribution in [1.29, 1.82) is 0 Å². The van der Waals surface area contributed by atoms with E-state index in [0.29, 0.717) is 17.9 Å². The van der Waals surface area contributed by atoms with E-state index in [1.54, 1.807) is 12.1 Å². The van der Waals surface area contributed by atoms with Crippen molar-refractivity contribution >= 4 is 5.78 Å². The molecule has 31 heavy (non-hydrogen) atoms. The molecule has 0 fully saturated rings. The molecule has 0 saturated heterocycles. The summed E-state index contributed by atoms with van der Waals surface area (Å²) in [6.45, 7) is 4.54. The van der Waals surface area contributed by atoms with E-state index in [0.717, 1.165) is 6.42 Å². The molecule has 2 heteroatoms. The molecule has 1 N–H and O–H groups in total. The average Bonchev–Trinajstić information content (AvgIpc) is 2.80. The van der Waals surface area contributed by atoms with Gasteiger partial charge in [-0.2, -0.15) is 0 Å². The lowest BCUT2D eigenvalue weighted by atomic mass is 9.94. The second-order valence-electron chi connectivity index (χ2n) is 9.67. The number of carbonyl (C=O) groups is 1. The SMILES string of the molecule is CCCCCCCCCCCCCCCCCC(C)CCC(O)C(=O)c1ccccc1. The van der Waals surface area contributed by atoms with Crippen LogP contribution in [-0.2, 0) is 0 Å². The van der Waals surface area contributed by atoms with Gasteiger partial charge in [0.15, 0.2) is 5.78 Å². The fraction of sp³-hybridized carbons (Fsp3) is 0.759. The first kappa shape index (κ1) is 27.9. The predicted octanol–water partition coefficient (Wildman–Crippen LogP) is 8.91. The van der Waals surface area contributed by atoms with Gasteiger partial charge in [0.05, 0.1) is 0 Å². The zero-order valence-electron chi connectivity index (χ0n) is 20.6. The Kier molecular flexibility index (Phi) is 17.6. The standard InChI is InChI=1S/C29H50O2/c1-3-4-5-6-7-8-9-10-11-12-13-14-15-16-18-21-26(2)24-25-28(30)29(31)27-22-19-17-20-23-27/h17,19-20,22-23,26,28,30H,3-16,18,21,24-25H2,1-2H3. The zero-order chi connectivity index (χ0) is 22.6. The Hall–Kier alpha value is -1.15. The van der Waals surface area contributed by atoms with Gasteiger partial charge in [-0.3, -0.25) is 4.79 Å². The topological polar surface area (TPSA) is 37.3 Å². The predicted molar refractivity (Wildman–Crippen MR) is 135 cm³/mol. The summed E-state index contributed by atoms with van der Waals surface area (Å²) in [6, 6.07) is 9.15. The number of hydrogen-bond acceptors (Lipinski definition) is 2. The molecule has 0 aromatic heterocycles. The largest absolute Gasteiger partial charge is 0.385 e. The molecule has 0 aliphatic carbocycles. The van der Waals surface area contributed by atoms with Crippen molar-refractivity contribution in [2.75, 3.05) is 0 Å². The number of benzene rings is 1. The molecule has 0 aliphatic rings. The van der Waals surface area contributed by atoms with E-state index >= 15 is 0 Å². The highest BCUT2D eigenvalue weighted by atomic mass is 16.3. The number of Topliss-reactive ketones (excluding diaryl/α,β-unsaturated/α-hetero) is 1. The molecule has 0 spiro atoms. The Morgan fingerprint density at radius 2 is 1.13 bits per heavy atom. The quantitative estimate of drug-likeness (QED) is 0.156. The van der Waals surface area contributed by atoms with Gasteiger partial charge < -0.3 is 5.11 Å². The van der Waals surface area contributed by atoms with Gasteiger partial charge in [-0.15, -0.1) is 0 Å². The Morgan fingerprint density at radius 3 is 1.61 bits per heavy atom. The summed E-state index contributed by atoms with van der Waals surface area (Å²) in [5.41, 5.74) is 0.616. The normalized spacial score (nSPS) is 13.3. The van der Waals surface area contributed by atoms with Crippen LogP contribution in [0.2, 0.25) is 0 Å². The number of carbonyl (C=O) groups excluding carboxylic acids is 1. The Labute approximate surface area is 193 Å². The van der Waals surface area contributed by atoms with E-state index in [9.17, 15) is 9.90 Å². The van der Waals surface area contributed by atoms with Crippen molar-refractivity contribution in [2.24, 2.45) is 5.92 Å². The summed E-state index contributed by atoms with van der Waals surface area (Å²) >= 11 is 0. The minimum atomic E-state index is -0.856. The highest BCUT2D eigenvalue weighted by Crippen LogP contribution is 2.19. The highest BCUT2D eigenvalue weighted by Gasteiger charge is 2.17. The Balaban J connectivity index is 1.87. The second kappa shape index (κ2) is 19.5. The van der Waals surface area contributed by atoms with E-state index in [1.807, 2.05) is 18.2 Å². The lowest BCUT2D eigenvalue weighted by Gasteiger charge is -2.14. The molecule has 0 bridgehead atoms. The lowest BCUT2D eigenvalue weighted by Crippen LogP contribution is -2.21. The van der Waals surface area contributed by atoms with Crippen LogP contribution in [0, 0.1) is 5.92 Å². The number of aliphatic hydroxyl groups excluding tert-OH is 1. The molecule has 0 saturated carbocycles. The molecule has 0 radical (unpaired) electrons. The summed E-state index contributed by atoms with van der Waals surface area (Å²) in [5, 5.41) is 10.2. The molecule has 1 rings (SSSR count). The van der Waals surface area contributed by atoms with Crippen LogP contribution in [0.4, 0.5) is 0 Å². The Bertz CT molecular complexity index is 525. The number of hydrogen-bond donors (Lipinski definition) is 1. The zero-order valence-corrected chi connectivity index (χ0v) is 20.6. The van der Waals surface area contributed by atoms with Gasteiger partial charge in [-0.25, -0.2) is 0 Å². The fourth-order valence-corrected chi connectivity index (χ4v) is 4.38. The van der Waals surface area contributed by atoms with Gasteiger partial charge in [0.1, 0.15) is 6.10 Å². The van der Waals surface area contributed by atoms with Crippen molar-refractivity contribution in [3.05, 3.63) is 35.9 Å². The van der Waals surface area contributed by atoms with E-state index in [1.165, 1.54) is 103 Å². The summed E-state index contributed by atoms with van der Waals surface area (Å²) in [4.78, 5) is 12.2. The van der Waals surface area contributed by atoms with Crippen molar-refractivity contribution in [1.82, 2.24) is 0 Å². The number of rotatable bonds is 21. The van der Waals surface area contributed by atoms with E-state index < -0.39 is 6.10 Å². The van der Waals surface area contributed by atoms with Crippen LogP contribution in [0.1, 0.15) is 140 Å². The lowest BCUT2D eigenvalue weighted by molar-refractivity contribution is 0.0717. The highest BCUT2D eigenvalue weighted by molar-refractivity contribution is 5.99. The van der Waals surface area contributed by atoms with Crippen LogP contribution >= 0.6 is 0 Å². The van der Waals surface area contributed by atoms with Crippen LogP contribution in [0.15, 0.2) is 30.3 Å². The number of aliphatic hydroxyl groups is 1. The maximum atomic E-state index is 12.2. The minimum Gasteiger partial charge on any atom is -0.385 e. The number of unbranched alkanes of at least 4 members (excludes halogenated alkanes) is 14. The van der Waals surface area contributed by atoms with Crippen molar-refractivity contribution < 1.29 is 9.90 Å². The van der Waals surface area contributed by atoms with Gasteiger partial charge in [0.2, 0.25) is 0 Å². The molecule has 0 heterocycles. The molecule has 0 amide bonds. The van der Waals surface area contributed by atoms with Gasteiger partial charge in [0.25, 0.3) is 0 Å². The third-order valence-electron chi connectivity index (χ3n) is 6.59. The van der Waals surface area contributed by atoms with Crippen molar-refractivity contribution in [3.8, 4) is 0 Å². The molecular weight excluding hydrogens is 380 g/mol. The molecule has 0 aliphatic heterocycles. The maximum Gasteiger partial charge on any atom is 0.191 e. The molecule has 2 unspecified atom stereocenters. The molecule has 1 aromatic carbocycles. The van der Waals surface area contributed by atoms with Gasteiger partial charge in [0, 0.05) is 5.56 Å². The maximum absolute atomic E-state index is 12.2. The minimum absolute atomic E-state index is 0.139. The summed E-state index contributed by atoms with van der Waals surface area (Å²) in [6.07, 6.45) is 22.9. The smallest absolute Gasteiger partial charge is 0.191 e. The summed E-state index contributed by atoms with van der Waals surface area (Å²) < 4.78 is 0. The molecule has 178 valence electrons. The first-order chi connectivity index (χ1) is 15.1.